The molecule has 1 amide bonds. The Morgan fingerprint density at radius 2 is 1.62 bits per heavy atom. The van der Waals surface area contributed by atoms with Crippen molar-refractivity contribution in [3.8, 4) is 23.3 Å². The SMILES string of the molecule is CCOc1cc(/C=C(\C#N)C(=O)Nc2ccc(OCc3ccccc3)cc2)cc(I)c1OCc1ccc([N+](=O)[O-])cc1. The average molecular weight is 675 g/mol. The lowest BCUT2D eigenvalue weighted by atomic mass is 10.1. The van der Waals surface area contributed by atoms with E-state index in [9.17, 15) is 20.2 Å². The van der Waals surface area contributed by atoms with Gasteiger partial charge in [-0.3, -0.25) is 14.9 Å². The molecule has 0 saturated heterocycles. The van der Waals surface area contributed by atoms with Crippen LogP contribution in [0.15, 0.2) is 96.6 Å². The molecule has 4 rings (SSSR count). The molecule has 0 spiro atoms. The summed E-state index contributed by atoms with van der Waals surface area (Å²) in [4.78, 5) is 23.3. The normalized spacial score (nSPS) is 10.8. The maximum absolute atomic E-state index is 12.9. The van der Waals surface area contributed by atoms with Crippen LogP contribution in [0.5, 0.6) is 17.2 Å². The van der Waals surface area contributed by atoms with E-state index in [0.717, 1.165) is 11.1 Å². The summed E-state index contributed by atoms with van der Waals surface area (Å²) in [7, 11) is 0. The first-order valence-electron chi connectivity index (χ1n) is 12.9. The standard InChI is InChI=1S/C32H26IN3O6/c1-2-40-30-18-24(17-29(33)31(30)42-21-23-8-12-27(13-9-23)36(38)39)16-25(19-34)32(37)35-26-10-14-28(15-11-26)41-20-22-6-4-3-5-7-22/h3-18H,2,20-21H2,1H3,(H,35,37)/b25-16+. The zero-order valence-electron chi connectivity index (χ0n) is 22.6. The van der Waals surface area contributed by atoms with Crippen molar-refractivity contribution in [2.45, 2.75) is 20.1 Å². The van der Waals surface area contributed by atoms with Crippen molar-refractivity contribution >= 4 is 45.9 Å². The van der Waals surface area contributed by atoms with Gasteiger partial charge in [0, 0.05) is 17.8 Å². The molecule has 212 valence electrons. The summed E-state index contributed by atoms with van der Waals surface area (Å²) in [5, 5.41) is 23.4. The van der Waals surface area contributed by atoms with Crippen molar-refractivity contribution in [1.29, 1.82) is 5.26 Å². The average Bonchev–Trinajstić information content (AvgIpc) is 3.00. The minimum atomic E-state index is -0.554. The minimum absolute atomic E-state index is 0.00155. The van der Waals surface area contributed by atoms with Crippen LogP contribution in [-0.4, -0.2) is 17.4 Å². The Bertz CT molecular complexity index is 1620. The summed E-state index contributed by atoms with van der Waals surface area (Å²) in [6.07, 6.45) is 1.48. The molecule has 0 heterocycles. The molecule has 9 nitrogen and oxygen atoms in total. The highest BCUT2D eigenvalue weighted by Gasteiger charge is 2.15. The zero-order chi connectivity index (χ0) is 29.9. The van der Waals surface area contributed by atoms with Gasteiger partial charge in [0.2, 0.25) is 0 Å². The third kappa shape index (κ3) is 8.31. The fourth-order valence-corrected chi connectivity index (χ4v) is 4.61. The van der Waals surface area contributed by atoms with Crippen LogP contribution in [0.2, 0.25) is 0 Å². The summed E-state index contributed by atoms with van der Waals surface area (Å²) >= 11 is 2.10. The number of anilines is 1. The van der Waals surface area contributed by atoms with Crippen LogP contribution in [0.25, 0.3) is 6.08 Å². The first-order chi connectivity index (χ1) is 20.4. The van der Waals surface area contributed by atoms with E-state index in [2.05, 4.69) is 27.9 Å². The molecule has 10 heteroatoms. The smallest absolute Gasteiger partial charge is 0.269 e. The van der Waals surface area contributed by atoms with E-state index >= 15 is 0 Å². The third-order valence-corrected chi connectivity index (χ3v) is 6.70. The van der Waals surface area contributed by atoms with Gasteiger partial charge in [0.15, 0.2) is 11.5 Å². The topological polar surface area (TPSA) is 124 Å². The van der Waals surface area contributed by atoms with E-state index in [1.807, 2.05) is 43.3 Å². The number of hydrogen-bond donors (Lipinski definition) is 1. The van der Waals surface area contributed by atoms with E-state index < -0.39 is 10.8 Å². The van der Waals surface area contributed by atoms with Crippen molar-refractivity contribution in [1.82, 2.24) is 0 Å². The van der Waals surface area contributed by atoms with Gasteiger partial charge in [-0.25, -0.2) is 0 Å². The number of ether oxygens (including phenoxy) is 3. The highest BCUT2D eigenvalue weighted by atomic mass is 127. The van der Waals surface area contributed by atoms with Crippen molar-refractivity contribution < 1.29 is 23.9 Å². The van der Waals surface area contributed by atoms with Gasteiger partial charge in [-0.2, -0.15) is 5.26 Å². The number of nitro groups is 1. The van der Waals surface area contributed by atoms with Crippen LogP contribution in [0.3, 0.4) is 0 Å². The number of amides is 1. The Hall–Kier alpha value is -4.89. The first-order valence-corrected chi connectivity index (χ1v) is 14.0. The largest absolute Gasteiger partial charge is 0.490 e. The summed E-state index contributed by atoms with van der Waals surface area (Å²) in [6.45, 7) is 2.80. The molecule has 0 aliphatic heterocycles. The molecule has 1 N–H and O–H groups in total. The quantitative estimate of drug-likeness (QED) is 0.0550. The number of rotatable bonds is 12. The predicted molar refractivity (Wildman–Crippen MR) is 167 cm³/mol. The number of benzene rings is 4. The van der Waals surface area contributed by atoms with Crippen molar-refractivity contribution in [3.05, 3.63) is 127 Å². The highest BCUT2D eigenvalue weighted by molar-refractivity contribution is 14.1. The fourth-order valence-electron chi connectivity index (χ4n) is 3.83. The van der Waals surface area contributed by atoms with Crippen LogP contribution in [-0.2, 0) is 18.0 Å². The fraction of sp³-hybridized carbons (Fsp3) is 0.125. The maximum Gasteiger partial charge on any atom is 0.269 e. The number of carbonyl (C=O) groups excluding carboxylic acids is 1. The minimum Gasteiger partial charge on any atom is -0.490 e. The van der Waals surface area contributed by atoms with E-state index in [0.29, 0.717) is 45.3 Å². The zero-order valence-corrected chi connectivity index (χ0v) is 24.7. The number of nitriles is 1. The molecule has 0 radical (unpaired) electrons. The monoisotopic (exact) mass is 675 g/mol. The van der Waals surface area contributed by atoms with E-state index in [-0.39, 0.29) is 17.9 Å². The second-order valence-electron chi connectivity index (χ2n) is 8.90. The number of halogens is 1. The molecule has 0 aliphatic rings. The van der Waals surface area contributed by atoms with Gasteiger partial charge in [-0.15, -0.1) is 0 Å². The number of nitro benzene ring substituents is 1. The predicted octanol–water partition coefficient (Wildman–Crippen LogP) is 7.30. The summed E-state index contributed by atoms with van der Waals surface area (Å²) in [6, 6.07) is 28.3. The highest BCUT2D eigenvalue weighted by Crippen LogP contribution is 2.35. The molecule has 4 aromatic carbocycles. The molecule has 0 unspecified atom stereocenters. The lowest BCUT2D eigenvalue weighted by molar-refractivity contribution is -0.384. The van der Waals surface area contributed by atoms with Crippen LogP contribution in [0.4, 0.5) is 11.4 Å². The number of non-ortho nitro benzene ring substituents is 1. The molecule has 0 aliphatic carbocycles. The van der Waals surface area contributed by atoms with Crippen molar-refractivity contribution in [2.75, 3.05) is 11.9 Å². The second kappa shape index (κ2) is 14.7. The van der Waals surface area contributed by atoms with E-state index in [4.69, 9.17) is 14.2 Å². The molecule has 0 bridgehead atoms. The Labute approximate surface area is 256 Å². The van der Waals surface area contributed by atoms with Crippen LogP contribution < -0.4 is 19.5 Å². The number of carbonyl (C=O) groups is 1. The van der Waals surface area contributed by atoms with E-state index in [1.54, 1.807) is 48.5 Å². The number of nitrogens with zero attached hydrogens (tertiary/aromatic N) is 2. The molecule has 0 atom stereocenters. The van der Waals surface area contributed by atoms with Crippen LogP contribution in [0.1, 0.15) is 23.6 Å². The molecule has 0 aromatic heterocycles. The van der Waals surface area contributed by atoms with Gasteiger partial charge >= 0.3 is 0 Å². The third-order valence-electron chi connectivity index (χ3n) is 5.90. The summed E-state index contributed by atoms with van der Waals surface area (Å²) < 4.78 is 18.3. The molecule has 0 saturated carbocycles. The van der Waals surface area contributed by atoms with E-state index in [1.165, 1.54) is 18.2 Å². The molecule has 0 fully saturated rings. The Morgan fingerprint density at radius 3 is 2.26 bits per heavy atom. The first kappa shape index (κ1) is 30.1. The van der Waals surface area contributed by atoms with Gasteiger partial charge < -0.3 is 19.5 Å². The lowest BCUT2D eigenvalue weighted by Crippen LogP contribution is -2.13. The van der Waals surface area contributed by atoms with Gasteiger partial charge in [0.1, 0.15) is 30.6 Å². The van der Waals surface area contributed by atoms with Crippen LogP contribution in [0, 0.1) is 25.0 Å². The van der Waals surface area contributed by atoms with Crippen molar-refractivity contribution in [3.63, 3.8) is 0 Å². The maximum atomic E-state index is 12.9. The Balaban J connectivity index is 1.43. The molecule has 4 aromatic rings. The second-order valence-corrected chi connectivity index (χ2v) is 10.1. The van der Waals surface area contributed by atoms with Gasteiger partial charge in [-0.05, 0) is 101 Å². The van der Waals surface area contributed by atoms with Gasteiger partial charge in [0.25, 0.3) is 11.6 Å². The number of nitrogens with one attached hydrogen (secondary N) is 1. The number of hydrogen-bond acceptors (Lipinski definition) is 7. The molecular weight excluding hydrogens is 649 g/mol. The summed E-state index contributed by atoms with van der Waals surface area (Å²) in [5.74, 6) is 1.04. The van der Waals surface area contributed by atoms with Crippen molar-refractivity contribution in [2.24, 2.45) is 0 Å². The van der Waals surface area contributed by atoms with Gasteiger partial charge in [-0.1, -0.05) is 30.3 Å². The molecule has 42 heavy (non-hydrogen) atoms. The van der Waals surface area contributed by atoms with Crippen LogP contribution >= 0.6 is 22.6 Å². The van der Waals surface area contributed by atoms with Gasteiger partial charge in [0.05, 0.1) is 15.1 Å². The molecular formula is C32H26IN3O6. The lowest BCUT2D eigenvalue weighted by Gasteiger charge is -2.15. The Kier molecular flexibility index (Phi) is 10.5. The summed E-state index contributed by atoms with van der Waals surface area (Å²) in [5.41, 5.74) is 2.82. The Morgan fingerprint density at radius 1 is 0.952 bits per heavy atom.